The first-order chi connectivity index (χ1) is 41.2. The van der Waals surface area contributed by atoms with Gasteiger partial charge in [0.25, 0.3) is 0 Å². The summed E-state index contributed by atoms with van der Waals surface area (Å²) >= 11 is 0. The third-order valence-electron chi connectivity index (χ3n) is 16.0. The zero-order valence-corrected chi connectivity index (χ0v) is 54.2. The molecule has 0 N–H and O–H groups in total. The second-order valence-electron chi connectivity index (χ2n) is 22.8. The van der Waals surface area contributed by atoms with Crippen LogP contribution in [0.2, 0.25) is 0 Å². The van der Waals surface area contributed by atoms with Gasteiger partial charge in [-0.25, -0.2) is 0 Å². The van der Waals surface area contributed by atoms with Crippen molar-refractivity contribution >= 4 is 0 Å². The average molecular weight is 1330 g/mol. The van der Waals surface area contributed by atoms with Crippen molar-refractivity contribution in [1.82, 2.24) is 28.7 Å². The Labute approximate surface area is 524 Å². The number of imidazole rings is 3. The number of hydrogen-bond acceptors (Lipinski definition) is 3. The van der Waals surface area contributed by atoms with Crippen LogP contribution >= 0.6 is 0 Å². The van der Waals surface area contributed by atoms with Gasteiger partial charge >= 0.3 is 20.1 Å². The van der Waals surface area contributed by atoms with Crippen LogP contribution in [0.3, 0.4) is 0 Å². The molecule has 438 valence electrons. The Morgan fingerprint density at radius 2 is 0.609 bits per heavy atom. The molecule has 0 spiro atoms. The maximum Gasteiger partial charge on any atom is 3.00 e. The molecule has 0 aliphatic rings. The summed E-state index contributed by atoms with van der Waals surface area (Å²) < 4.78 is 50.5. The monoisotopic (exact) mass is 1330 g/mol. The molecule has 3 aromatic heterocycles. The molecule has 0 radical (unpaired) electrons. The Bertz CT molecular complexity index is 4220. The molecule has 9 aromatic carbocycles. The van der Waals surface area contributed by atoms with Crippen molar-refractivity contribution in [3.8, 4) is 84.6 Å². The van der Waals surface area contributed by atoms with Crippen molar-refractivity contribution in [3.63, 3.8) is 0 Å². The maximum absolute atomic E-state index is 14.8. The minimum Gasteiger partial charge on any atom is -0.340 e. The summed E-state index contributed by atoms with van der Waals surface area (Å²) in [6.07, 6.45) is 11.2. The number of rotatable bonds is 9. The van der Waals surface area contributed by atoms with E-state index in [9.17, 15) is 13.2 Å². The van der Waals surface area contributed by atoms with E-state index in [0.717, 1.165) is 107 Å². The van der Waals surface area contributed by atoms with Gasteiger partial charge < -0.3 is 13.7 Å². The van der Waals surface area contributed by atoms with Crippen molar-refractivity contribution in [1.29, 1.82) is 0 Å². The van der Waals surface area contributed by atoms with Crippen LogP contribution in [-0.4, -0.2) is 28.7 Å². The summed E-state index contributed by atoms with van der Waals surface area (Å²) in [4.78, 5) is 13.7. The zero-order chi connectivity index (χ0) is 61.2. The maximum atomic E-state index is 14.8. The molecule has 6 nitrogen and oxygen atoms in total. The Morgan fingerprint density at radius 3 is 0.920 bits per heavy atom. The largest absolute Gasteiger partial charge is 3.00 e. The summed E-state index contributed by atoms with van der Waals surface area (Å²) in [5.41, 5.74) is 26.0. The van der Waals surface area contributed by atoms with Crippen LogP contribution in [0.15, 0.2) is 171 Å². The third-order valence-corrected chi connectivity index (χ3v) is 16.0. The van der Waals surface area contributed by atoms with E-state index in [0.29, 0.717) is 16.7 Å². The SMILES string of the molecule is Cc1cc(C)c(-n2ccnc2-c2[c-]cc(F)c(-c3c(C)cccc3C)c2)c(C)c1.Cc1cc(C)c(-n2ccnc2-c2[c-]cc(F)c(-c3c(C)cccc3C)c2)c(C)c1.Cc1ccc(-n2ccnc2-c2[c-]cc(F)c(-c3c(C)cccc3C)c2)c(C)c1.[Ir+3]. The van der Waals surface area contributed by atoms with E-state index in [-0.39, 0.29) is 37.6 Å². The smallest absolute Gasteiger partial charge is 0.340 e. The first-order valence-electron chi connectivity index (χ1n) is 28.9. The second kappa shape index (κ2) is 26.3. The first-order valence-corrected chi connectivity index (χ1v) is 28.9. The third kappa shape index (κ3) is 13.0. The number of halogens is 3. The van der Waals surface area contributed by atoms with Gasteiger partial charge in [0, 0.05) is 71.7 Å². The van der Waals surface area contributed by atoms with Gasteiger partial charge in [0.2, 0.25) is 0 Å². The van der Waals surface area contributed by atoms with Gasteiger partial charge in [-0.15, -0.1) is 71.3 Å². The van der Waals surface area contributed by atoms with E-state index in [1.807, 2.05) is 137 Å². The predicted molar refractivity (Wildman–Crippen MR) is 346 cm³/mol. The average Bonchev–Trinajstić information content (AvgIpc) is 1.99. The van der Waals surface area contributed by atoms with Gasteiger partial charge in [0.15, 0.2) is 0 Å². The molecule has 0 saturated carbocycles. The molecule has 0 fully saturated rings. The van der Waals surface area contributed by atoms with Crippen LogP contribution in [0.25, 0.3) is 84.6 Å². The summed E-state index contributed by atoms with van der Waals surface area (Å²) in [6, 6.07) is 52.1. The van der Waals surface area contributed by atoms with Crippen molar-refractivity contribution < 1.29 is 33.3 Å². The molecule has 0 atom stereocenters. The first kappa shape index (κ1) is 62.6. The molecule has 87 heavy (non-hydrogen) atoms. The van der Waals surface area contributed by atoms with Crippen LogP contribution in [0, 0.1) is 133 Å². The predicted octanol–water partition coefficient (Wildman–Crippen LogP) is 19.8. The van der Waals surface area contributed by atoms with Gasteiger partial charge in [0.1, 0.15) is 0 Å². The molecule has 12 aromatic rings. The quantitative estimate of drug-likeness (QED) is 0.135. The summed E-state index contributed by atoms with van der Waals surface area (Å²) in [5, 5.41) is 0. The second-order valence-corrected chi connectivity index (χ2v) is 22.8. The standard InChI is InChI=1S/2C26H24FN2.C25H22FN2.Ir/c2*1-16-13-19(4)25(20(5)14-16)29-12-11-28-26(29)21-9-10-23(27)22(15-21)24-17(2)7-6-8-18(24)3;1-16-8-11-23(19(4)14-16)28-13-12-27-25(28)20-9-10-22(26)21(15-20)24-17(2)6-5-7-18(24)3;/h2*6-8,10-15H,1-5H3;5-8,10-15H,1-4H3;/q3*-1;+3. The Morgan fingerprint density at radius 1 is 0.322 bits per heavy atom. The minimum absolute atomic E-state index is 0. The number of aromatic nitrogens is 6. The summed E-state index contributed by atoms with van der Waals surface area (Å²) in [6.45, 7) is 28.9. The van der Waals surface area contributed by atoms with E-state index in [1.165, 1.54) is 57.1 Å². The van der Waals surface area contributed by atoms with Crippen LogP contribution in [0.5, 0.6) is 0 Å². The van der Waals surface area contributed by atoms with E-state index >= 15 is 0 Å². The number of hydrogen-bond donors (Lipinski definition) is 0. The zero-order valence-electron chi connectivity index (χ0n) is 51.8. The molecule has 0 amide bonds. The summed E-state index contributed by atoms with van der Waals surface area (Å²) in [5.74, 6) is 1.45. The topological polar surface area (TPSA) is 53.5 Å². The van der Waals surface area contributed by atoms with Crippen LogP contribution < -0.4 is 0 Å². The molecule has 0 aliphatic carbocycles. The van der Waals surface area contributed by atoms with Gasteiger partial charge in [-0.05, 0) is 181 Å². The molecular weight excluding hydrogens is 1260 g/mol. The van der Waals surface area contributed by atoms with Crippen LogP contribution in [0.4, 0.5) is 13.2 Å². The van der Waals surface area contributed by atoms with E-state index < -0.39 is 0 Å². The number of nitrogens with zero attached hydrogens (tertiary/aromatic N) is 6. The van der Waals surface area contributed by atoms with Gasteiger partial charge in [-0.3, -0.25) is 28.1 Å². The van der Waals surface area contributed by atoms with Gasteiger partial charge in [-0.1, -0.05) is 124 Å². The normalized spacial score (nSPS) is 11.0. The van der Waals surface area contributed by atoms with E-state index in [1.54, 1.807) is 18.6 Å². The van der Waals surface area contributed by atoms with Crippen molar-refractivity contribution in [2.75, 3.05) is 0 Å². The molecule has 10 heteroatoms. The molecule has 12 rings (SSSR count). The van der Waals surface area contributed by atoms with E-state index in [4.69, 9.17) is 0 Å². The van der Waals surface area contributed by atoms with Crippen molar-refractivity contribution in [2.45, 2.75) is 96.9 Å². The Kier molecular flexibility index (Phi) is 19.0. The molecule has 0 aliphatic heterocycles. The fourth-order valence-electron chi connectivity index (χ4n) is 12.3. The summed E-state index contributed by atoms with van der Waals surface area (Å²) in [7, 11) is 0. The van der Waals surface area contributed by atoms with E-state index in [2.05, 4.69) is 140 Å². The van der Waals surface area contributed by atoms with Crippen molar-refractivity contribution in [2.24, 2.45) is 0 Å². The molecule has 0 unspecified atom stereocenters. The Hall–Kier alpha value is -8.95. The van der Waals surface area contributed by atoms with Gasteiger partial charge in [0.05, 0.1) is 17.5 Å². The Balaban J connectivity index is 0.000000155. The van der Waals surface area contributed by atoms with Crippen LogP contribution in [-0.2, 0) is 20.1 Å². The minimum atomic E-state index is -0.272. The van der Waals surface area contributed by atoms with Crippen molar-refractivity contribution in [3.05, 3.63) is 284 Å². The molecule has 0 saturated heterocycles. The molecule has 3 heterocycles. The molecule has 0 bridgehead atoms. The van der Waals surface area contributed by atoms with Crippen LogP contribution in [0.1, 0.15) is 77.9 Å². The van der Waals surface area contributed by atoms with Gasteiger partial charge in [-0.2, -0.15) is 0 Å². The fourth-order valence-corrected chi connectivity index (χ4v) is 12.3. The molecular formula is C77H70F3IrN6. The number of benzene rings is 9. The number of aryl methyl sites for hydroxylation is 14. The fraction of sp³-hybridized carbons (Fsp3) is 0.182.